The van der Waals surface area contributed by atoms with Crippen molar-refractivity contribution >= 4 is 5.91 Å². The third-order valence-electron chi connectivity index (χ3n) is 3.70. The second-order valence-electron chi connectivity index (χ2n) is 7.95. The summed E-state index contributed by atoms with van der Waals surface area (Å²) in [5.41, 5.74) is 1.59. The van der Waals surface area contributed by atoms with Gasteiger partial charge in [-0.1, -0.05) is 65.8 Å². The molecule has 0 amide bonds. The highest BCUT2D eigenvalue weighted by Gasteiger charge is 2.28. The molecule has 0 N–H and O–H groups in total. The molecule has 0 unspecified atom stereocenters. The molecule has 0 saturated heterocycles. The Morgan fingerprint density at radius 2 is 1.67 bits per heavy atom. The van der Waals surface area contributed by atoms with Gasteiger partial charge in [-0.05, 0) is 17.9 Å². The highest BCUT2D eigenvalue weighted by atomic mass is 16.5. The Labute approximate surface area is 144 Å². The third-order valence-corrected chi connectivity index (χ3v) is 3.70. The van der Waals surface area contributed by atoms with Crippen LogP contribution in [0.5, 0.6) is 6.01 Å². The van der Waals surface area contributed by atoms with Crippen molar-refractivity contribution in [1.82, 2.24) is 14.8 Å². The molecule has 0 bridgehead atoms. The number of carbonyl (C=O) groups is 1. The van der Waals surface area contributed by atoms with Crippen LogP contribution in [0.2, 0.25) is 0 Å². The Morgan fingerprint density at radius 3 is 2.12 bits per heavy atom. The van der Waals surface area contributed by atoms with Crippen molar-refractivity contribution in [3.8, 4) is 17.4 Å². The molecule has 0 radical (unpaired) electrons. The smallest absolute Gasteiger partial charge is 0.336 e. The SMILES string of the molecule is CCOc1nc(-c2ccc(C(C)(C)C)cc2)n(C(=O)C(C)(C)C)n1. The highest BCUT2D eigenvalue weighted by Crippen LogP contribution is 2.28. The van der Waals surface area contributed by atoms with E-state index in [2.05, 4.69) is 43.0 Å². The predicted molar refractivity (Wildman–Crippen MR) is 95.4 cm³/mol. The van der Waals surface area contributed by atoms with Crippen LogP contribution in [0.25, 0.3) is 11.4 Å². The van der Waals surface area contributed by atoms with E-state index < -0.39 is 5.41 Å². The molecule has 0 atom stereocenters. The van der Waals surface area contributed by atoms with Crippen molar-refractivity contribution in [2.45, 2.75) is 53.9 Å². The van der Waals surface area contributed by atoms with E-state index >= 15 is 0 Å². The van der Waals surface area contributed by atoms with E-state index in [0.29, 0.717) is 12.4 Å². The number of ether oxygens (including phenoxy) is 1. The molecule has 0 aliphatic carbocycles. The van der Waals surface area contributed by atoms with E-state index in [1.165, 1.54) is 10.2 Å². The minimum Gasteiger partial charge on any atom is -0.463 e. The van der Waals surface area contributed by atoms with Crippen LogP contribution < -0.4 is 4.74 Å². The van der Waals surface area contributed by atoms with E-state index in [-0.39, 0.29) is 17.3 Å². The van der Waals surface area contributed by atoms with Gasteiger partial charge in [0.1, 0.15) is 0 Å². The third kappa shape index (κ3) is 3.83. The Balaban J connectivity index is 2.50. The van der Waals surface area contributed by atoms with Crippen LogP contribution in [0.1, 0.15) is 58.8 Å². The lowest BCUT2D eigenvalue weighted by Crippen LogP contribution is -2.28. The molecule has 0 aliphatic heterocycles. The van der Waals surface area contributed by atoms with E-state index in [1.807, 2.05) is 39.8 Å². The minimum absolute atomic E-state index is 0.0733. The van der Waals surface area contributed by atoms with Crippen LogP contribution in [-0.2, 0) is 5.41 Å². The summed E-state index contributed by atoms with van der Waals surface area (Å²) >= 11 is 0. The number of nitrogens with zero attached hydrogens (tertiary/aromatic N) is 3. The zero-order valence-electron chi connectivity index (χ0n) is 15.7. The van der Waals surface area contributed by atoms with Gasteiger partial charge in [-0.25, -0.2) is 0 Å². The molecule has 2 rings (SSSR count). The summed E-state index contributed by atoms with van der Waals surface area (Å²) in [5.74, 6) is 0.398. The van der Waals surface area contributed by atoms with Crippen molar-refractivity contribution in [2.24, 2.45) is 5.41 Å². The second-order valence-corrected chi connectivity index (χ2v) is 7.95. The predicted octanol–water partition coefficient (Wildman–Crippen LogP) is 4.33. The molecule has 0 saturated carbocycles. The average Bonchev–Trinajstić information content (AvgIpc) is 2.89. The average molecular weight is 329 g/mol. The van der Waals surface area contributed by atoms with Crippen LogP contribution >= 0.6 is 0 Å². The van der Waals surface area contributed by atoms with Gasteiger partial charge in [0, 0.05) is 11.0 Å². The zero-order valence-corrected chi connectivity index (χ0v) is 15.7. The normalized spacial score (nSPS) is 12.3. The molecular weight excluding hydrogens is 302 g/mol. The first-order chi connectivity index (χ1) is 11.0. The van der Waals surface area contributed by atoms with Gasteiger partial charge in [0.05, 0.1) is 6.61 Å². The van der Waals surface area contributed by atoms with Crippen molar-refractivity contribution in [3.63, 3.8) is 0 Å². The van der Waals surface area contributed by atoms with Crippen molar-refractivity contribution in [1.29, 1.82) is 0 Å². The summed E-state index contributed by atoms with van der Waals surface area (Å²) in [6.45, 7) is 14.4. The molecule has 2 aromatic rings. The number of aromatic nitrogens is 3. The van der Waals surface area contributed by atoms with Gasteiger partial charge in [-0.3, -0.25) is 4.79 Å². The summed E-state index contributed by atoms with van der Waals surface area (Å²) in [6.07, 6.45) is 0. The molecule has 0 spiro atoms. The lowest BCUT2D eigenvalue weighted by atomic mass is 9.86. The molecule has 5 heteroatoms. The van der Waals surface area contributed by atoms with Crippen LogP contribution in [0.4, 0.5) is 0 Å². The van der Waals surface area contributed by atoms with Gasteiger partial charge < -0.3 is 4.74 Å². The summed E-state index contributed by atoms with van der Waals surface area (Å²) in [5, 5.41) is 4.25. The van der Waals surface area contributed by atoms with E-state index in [4.69, 9.17) is 4.74 Å². The van der Waals surface area contributed by atoms with Crippen molar-refractivity contribution in [2.75, 3.05) is 6.61 Å². The van der Waals surface area contributed by atoms with Crippen LogP contribution in [0.15, 0.2) is 24.3 Å². The second kappa shape index (κ2) is 6.38. The first kappa shape index (κ1) is 18.2. The molecule has 130 valence electrons. The number of benzene rings is 1. The Kier molecular flexibility index (Phi) is 4.83. The maximum absolute atomic E-state index is 12.7. The number of hydrogen-bond acceptors (Lipinski definition) is 4. The number of rotatable bonds is 3. The minimum atomic E-state index is -0.558. The van der Waals surface area contributed by atoms with Crippen LogP contribution in [0, 0.1) is 5.41 Å². The zero-order chi connectivity index (χ0) is 18.1. The maximum Gasteiger partial charge on any atom is 0.336 e. The first-order valence-electron chi connectivity index (χ1n) is 8.29. The van der Waals surface area contributed by atoms with Crippen molar-refractivity contribution in [3.05, 3.63) is 29.8 Å². The van der Waals surface area contributed by atoms with Gasteiger partial charge in [-0.15, -0.1) is 5.10 Å². The van der Waals surface area contributed by atoms with Gasteiger partial charge >= 0.3 is 6.01 Å². The molecule has 1 heterocycles. The largest absolute Gasteiger partial charge is 0.463 e. The Bertz CT molecular complexity index is 717. The maximum atomic E-state index is 12.7. The quantitative estimate of drug-likeness (QED) is 0.841. The topological polar surface area (TPSA) is 57.0 Å². The molecule has 0 fully saturated rings. The van der Waals surface area contributed by atoms with E-state index in [9.17, 15) is 4.79 Å². The molecule has 0 aliphatic rings. The van der Waals surface area contributed by atoms with Gasteiger partial charge in [0.25, 0.3) is 5.91 Å². The Hall–Kier alpha value is -2.17. The molecule has 5 nitrogen and oxygen atoms in total. The number of hydrogen-bond donors (Lipinski definition) is 0. The van der Waals surface area contributed by atoms with Crippen molar-refractivity contribution < 1.29 is 9.53 Å². The molecule has 1 aromatic heterocycles. The van der Waals surface area contributed by atoms with Gasteiger partial charge in [-0.2, -0.15) is 9.67 Å². The summed E-state index contributed by atoms with van der Waals surface area (Å²) in [4.78, 5) is 17.1. The summed E-state index contributed by atoms with van der Waals surface area (Å²) in [6, 6.07) is 8.32. The van der Waals surface area contributed by atoms with E-state index in [1.54, 1.807) is 0 Å². The van der Waals surface area contributed by atoms with Gasteiger partial charge in [0.15, 0.2) is 5.82 Å². The van der Waals surface area contributed by atoms with Gasteiger partial charge in [0.2, 0.25) is 0 Å². The van der Waals surface area contributed by atoms with Crippen LogP contribution in [0.3, 0.4) is 0 Å². The lowest BCUT2D eigenvalue weighted by molar-refractivity contribution is 0.0749. The summed E-state index contributed by atoms with van der Waals surface area (Å²) in [7, 11) is 0. The fourth-order valence-electron chi connectivity index (χ4n) is 2.25. The summed E-state index contributed by atoms with van der Waals surface area (Å²) < 4.78 is 6.75. The first-order valence-corrected chi connectivity index (χ1v) is 8.29. The fourth-order valence-corrected chi connectivity index (χ4v) is 2.25. The standard InChI is InChI=1S/C19H27N3O2/c1-8-24-17-20-15(22(21-17)16(23)19(5,6)7)13-9-11-14(12-10-13)18(2,3)4/h9-12H,8H2,1-7H3. The Morgan fingerprint density at radius 1 is 1.08 bits per heavy atom. The van der Waals surface area contributed by atoms with E-state index in [0.717, 1.165) is 5.56 Å². The molecule has 24 heavy (non-hydrogen) atoms. The fraction of sp³-hybridized carbons (Fsp3) is 0.526. The lowest BCUT2D eigenvalue weighted by Gasteiger charge is -2.19. The monoisotopic (exact) mass is 329 g/mol. The highest BCUT2D eigenvalue weighted by molar-refractivity contribution is 5.86. The number of carbonyl (C=O) groups excluding carboxylic acids is 1. The molecular formula is C19H27N3O2. The molecule has 1 aromatic carbocycles. The van der Waals surface area contributed by atoms with Crippen LogP contribution in [-0.4, -0.2) is 27.3 Å².